The maximum Gasteiger partial charge on any atom is 0.0328 e. The van der Waals surface area contributed by atoms with Gasteiger partial charge in [-0.25, -0.2) is 0 Å². The molecular weight excluding hydrogens is 244 g/mol. The minimum Gasteiger partial charge on any atom is -0.308 e. The third-order valence-corrected chi connectivity index (χ3v) is 5.54. The zero-order chi connectivity index (χ0) is 14.0. The first kappa shape index (κ1) is 14.1. The highest BCUT2D eigenvalue weighted by molar-refractivity contribution is 5.34. The number of nitrogens with zero attached hydrogens (tertiary/aromatic N) is 1. The van der Waals surface area contributed by atoms with Gasteiger partial charge in [-0.05, 0) is 50.9 Å². The second kappa shape index (κ2) is 5.87. The molecule has 1 aromatic rings. The van der Waals surface area contributed by atoms with Crippen molar-refractivity contribution in [3.8, 4) is 0 Å². The lowest BCUT2D eigenvalue weighted by Crippen LogP contribution is -2.53. The van der Waals surface area contributed by atoms with E-state index in [9.17, 15) is 0 Å². The monoisotopic (exact) mass is 272 g/mol. The molecule has 3 rings (SSSR count). The Balaban J connectivity index is 1.67. The Morgan fingerprint density at radius 1 is 1.15 bits per heavy atom. The van der Waals surface area contributed by atoms with E-state index in [1.54, 1.807) is 5.56 Å². The van der Waals surface area contributed by atoms with Crippen molar-refractivity contribution in [1.29, 1.82) is 0 Å². The molecule has 1 saturated carbocycles. The van der Waals surface area contributed by atoms with Crippen molar-refractivity contribution >= 4 is 0 Å². The predicted octanol–water partition coefficient (Wildman–Crippen LogP) is 3.53. The maximum atomic E-state index is 3.89. The average molecular weight is 272 g/mol. The zero-order valence-electron chi connectivity index (χ0n) is 13.0. The van der Waals surface area contributed by atoms with Crippen molar-refractivity contribution in [3.63, 3.8) is 0 Å². The lowest BCUT2D eigenvalue weighted by Gasteiger charge is -2.44. The standard InChI is InChI=1S/C18H28N2/c1-20(2)18(12-6-3-7-13-18)14-19-17-11-10-15-8-4-5-9-16(15)17/h4-5,8-9,17,19H,3,6-7,10-14H2,1-2H3. The topological polar surface area (TPSA) is 15.3 Å². The molecule has 0 amide bonds. The van der Waals surface area contributed by atoms with E-state index in [0.717, 1.165) is 6.54 Å². The summed E-state index contributed by atoms with van der Waals surface area (Å²) in [7, 11) is 4.52. The Kier molecular flexibility index (Phi) is 4.13. The molecule has 0 aliphatic heterocycles. The summed E-state index contributed by atoms with van der Waals surface area (Å²) in [4.78, 5) is 2.47. The minimum absolute atomic E-state index is 0.385. The van der Waals surface area contributed by atoms with Crippen molar-refractivity contribution in [2.75, 3.05) is 20.6 Å². The number of aryl methyl sites for hydroxylation is 1. The van der Waals surface area contributed by atoms with E-state index in [-0.39, 0.29) is 0 Å². The van der Waals surface area contributed by atoms with Gasteiger partial charge in [0.2, 0.25) is 0 Å². The van der Waals surface area contributed by atoms with E-state index in [0.29, 0.717) is 11.6 Å². The number of nitrogens with one attached hydrogen (secondary N) is 1. The van der Waals surface area contributed by atoms with Crippen LogP contribution in [0, 0.1) is 0 Å². The first-order valence-corrected chi connectivity index (χ1v) is 8.20. The first-order chi connectivity index (χ1) is 9.71. The lowest BCUT2D eigenvalue weighted by molar-refractivity contribution is 0.0951. The molecule has 2 heteroatoms. The van der Waals surface area contributed by atoms with Crippen molar-refractivity contribution in [1.82, 2.24) is 10.2 Å². The molecule has 1 aromatic carbocycles. The van der Waals surface area contributed by atoms with Gasteiger partial charge in [0.25, 0.3) is 0 Å². The summed E-state index contributed by atoms with van der Waals surface area (Å²) in [5, 5.41) is 3.89. The van der Waals surface area contributed by atoms with Gasteiger partial charge in [0, 0.05) is 18.1 Å². The van der Waals surface area contributed by atoms with Crippen LogP contribution in [0.15, 0.2) is 24.3 Å². The van der Waals surface area contributed by atoms with E-state index in [1.165, 1.54) is 50.5 Å². The van der Waals surface area contributed by atoms with Gasteiger partial charge in [-0.1, -0.05) is 43.5 Å². The Hall–Kier alpha value is -0.860. The molecule has 0 radical (unpaired) electrons. The van der Waals surface area contributed by atoms with E-state index < -0.39 is 0 Å². The molecule has 2 nitrogen and oxygen atoms in total. The molecule has 1 atom stereocenters. The van der Waals surface area contributed by atoms with Crippen LogP contribution in [0.5, 0.6) is 0 Å². The fourth-order valence-electron chi connectivity index (χ4n) is 4.07. The fraction of sp³-hybridized carbons (Fsp3) is 0.667. The van der Waals surface area contributed by atoms with E-state index in [2.05, 4.69) is 48.6 Å². The van der Waals surface area contributed by atoms with Gasteiger partial charge < -0.3 is 10.2 Å². The van der Waals surface area contributed by atoms with Crippen LogP contribution < -0.4 is 5.32 Å². The summed E-state index contributed by atoms with van der Waals surface area (Å²) >= 11 is 0. The van der Waals surface area contributed by atoms with Crippen LogP contribution in [0.2, 0.25) is 0 Å². The van der Waals surface area contributed by atoms with Crippen molar-refractivity contribution in [3.05, 3.63) is 35.4 Å². The van der Waals surface area contributed by atoms with Crippen LogP contribution in [0.4, 0.5) is 0 Å². The minimum atomic E-state index is 0.385. The van der Waals surface area contributed by atoms with Crippen molar-refractivity contribution < 1.29 is 0 Å². The summed E-state index contributed by atoms with van der Waals surface area (Å²) in [5.41, 5.74) is 3.47. The summed E-state index contributed by atoms with van der Waals surface area (Å²) in [5.74, 6) is 0. The highest BCUT2D eigenvalue weighted by Crippen LogP contribution is 2.34. The number of benzene rings is 1. The van der Waals surface area contributed by atoms with Crippen LogP contribution in [0.1, 0.15) is 55.7 Å². The molecule has 0 heterocycles. The van der Waals surface area contributed by atoms with E-state index in [4.69, 9.17) is 0 Å². The first-order valence-electron chi connectivity index (χ1n) is 8.20. The average Bonchev–Trinajstić information content (AvgIpc) is 2.89. The SMILES string of the molecule is CN(C)C1(CNC2CCc3ccccc32)CCCCC1. The Morgan fingerprint density at radius 2 is 1.90 bits per heavy atom. The largest absolute Gasteiger partial charge is 0.308 e. The van der Waals surface area contributed by atoms with Gasteiger partial charge in [-0.3, -0.25) is 0 Å². The number of rotatable bonds is 4. The molecular formula is C18H28N2. The normalized spacial score (nSPS) is 24.9. The van der Waals surface area contributed by atoms with E-state index in [1.807, 2.05) is 0 Å². The Bertz CT molecular complexity index is 446. The molecule has 2 aliphatic carbocycles. The van der Waals surface area contributed by atoms with Crippen molar-refractivity contribution in [2.24, 2.45) is 0 Å². The summed E-state index contributed by atoms with van der Waals surface area (Å²) in [6.07, 6.45) is 9.40. The Labute approximate surface area is 123 Å². The number of fused-ring (bicyclic) bond motifs is 1. The van der Waals surface area contributed by atoms with Gasteiger partial charge in [0.15, 0.2) is 0 Å². The van der Waals surface area contributed by atoms with Crippen LogP contribution in [0.25, 0.3) is 0 Å². The third kappa shape index (κ3) is 2.64. The van der Waals surface area contributed by atoms with Crippen LogP contribution in [0.3, 0.4) is 0 Å². The molecule has 0 spiro atoms. The molecule has 0 aromatic heterocycles. The maximum absolute atomic E-state index is 3.89. The molecule has 1 N–H and O–H groups in total. The quantitative estimate of drug-likeness (QED) is 0.902. The molecule has 2 aliphatic rings. The lowest BCUT2D eigenvalue weighted by atomic mass is 9.80. The number of hydrogen-bond donors (Lipinski definition) is 1. The summed E-state index contributed by atoms with van der Waals surface area (Å²) in [6, 6.07) is 9.53. The fourth-order valence-corrected chi connectivity index (χ4v) is 4.07. The van der Waals surface area contributed by atoms with Gasteiger partial charge in [0.1, 0.15) is 0 Å². The smallest absolute Gasteiger partial charge is 0.0328 e. The molecule has 0 saturated heterocycles. The van der Waals surface area contributed by atoms with Crippen LogP contribution in [-0.2, 0) is 6.42 Å². The predicted molar refractivity (Wildman–Crippen MR) is 85.0 cm³/mol. The van der Waals surface area contributed by atoms with Gasteiger partial charge in [-0.15, -0.1) is 0 Å². The second-order valence-corrected chi connectivity index (χ2v) is 6.85. The van der Waals surface area contributed by atoms with Crippen LogP contribution >= 0.6 is 0 Å². The summed E-state index contributed by atoms with van der Waals surface area (Å²) < 4.78 is 0. The van der Waals surface area contributed by atoms with Gasteiger partial charge in [0.05, 0.1) is 0 Å². The van der Waals surface area contributed by atoms with Crippen molar-refractivity contribution in [2.45, 2.75) is 56.5 Å². The number of hydrogen-bond acceptors (Lipinski definition) is 2. The molecule has 1 fully saturated rings. The van der Waals surface area contributed by atoms with Crippen LogP contribution in [-0.4, -0.2) is 31.1 Å². The zero-order valence-corrected chi connectivity index (χ0v) is 13.0. The molecule has 20 heavy (non-hydrogen) atoms. The molecule has 110 valence electrons. The van der Waals surface area contributed by atoms with E-state index >= 15 is 0 Å². The van der Waals surface area contributed by atoms with Gasteiger partial charge >= 0.3 is 0 Å². The number of likely N-dealkylation sites (N-methyl/N-ethyl adjacent to an activating group) is 1. The Morgan fingerprint density at radius 3 is 2.65 bits per heavy atom. The molecule has 0 bridgehead atoms. The summed E-state index contributed by atoms with van der Waals surface area (Å²) in [6.45, 7) is 1.14. The third-order valence-electron chi connectivity index (χ3n) is 5.54. The second-order valence-electron chi connectivity index (χ2n) is 6.85. The highest BCUT2D eigenvalue weighted by Gasteiger charge is 2.35. The highest BCUT2D eigenvalue weighted by atomic mass is 15.2. The van der Waals surface area contributed by atoms with Gasteiger partial charge in [-0.2, -0.15) is 0 Å². The molecule has 1 unspecified atom stereocenters.